The zero-order valence-electron chi connectivity index (χ0n) is 34.3. The molecule has 1 aliphatic heterocycles. The minimum Gasteiger partial charge on any atom is -0.347 e. The van der Waals surface area contributed by atoms with Crippen LogP contribution in [0.2, 0.25) is 0 Å². The number of hydrogen-bond acceptors (Lipinski definition) is 7. The molecular weight excluding hydrogens is 707 g/mol. The van der Waals surface area contributed by atoms with E-state index in [4.69, 9.17) is 0 Å². The van der Waals surface area contributed by atoms with Crippen LogP contribution in [0.25, 0.3) is 0 Å². The molecule has 3 saturated carbocycles. The number of carbonyl (C=O) groups is 5. The maximum absolute atomic E-state index is 14.9. The number of sulfone groups is 1. The summed E-state index contributed by atoms with van der Waals surface area (Å²) in [4.78, 5) is 71.1. The highest BCUT2D eigenvalue weighted by Crippen LogP contribution is 2.41. The van der Waals surface area contributed by atoms with Crippen LogP contribution in [0.4, 0.5) is 4.79 Å². The lowest BCUT2D eigenvalue weighted by molar-refractivity contribution is -0.144. The van der Waals surface area contributed by atoms with Crippen molar-refractivity contribution < 1.29 is 32.4 Å². The number of unbranched alkanes of at least 4 members (excludes halogenated alkanes) is 1. The minimum atomic E-state index is -3.57. The number of carbonyl (C=O) groups excluding carboxylic acids is 5. The zero-order chi connectivity index (χ0) is 39.9. The van der Waals surface area contributed by atoms with Gasteiger partial charge in [-0.1, -0.05) is 79.1 Å². The van der Waals surface area contributed by atoms with E-state index in [1.165, 1.54) is 0 Å². The van der Waals surface area contributed by atoms with Crippen LogP contribution >= 0.6 is 0 Å². The van der Waals surface area contributed by atoms with Crippen LogP contribution in [-0.2, 0) is 29.0 Å². The van der Waals surface area contributed by atoms with Crippen LogP contribution in [0.5, 0.6) is 0 Å². The topological polar surface area (TPSA) is 171 Å². The Kier molecular flexibility index (Phi) is 15.1. The Morgan fingerprint density at radius 3 is 2.02 bits per heavy atom. The molecule has 1 heterocycles. The number of amides is 5. The molecule has 0 unspecified atom stereocenters. The Balaban J connectivity index is 1.61. The molecule has 308 valence electrons. The number of nitrogens with one attached hydrogen (secondary N) is 4. The van der Waals surface area contributed by atoms with Gasteiger partial charge in [-0.3, -0.25) is 19.2 Å². The maximum atomic E-state index is 14.9. The van der Waals surface area contributed by atoms with Crippen LogP contribution in [-0.4, -0.2) is 89.6 Å². The lowest BCUT2D eigenvalue weighted by Gasteiger charge is -2.41. The van der Waals surface area contributed by atoms with Gasteiger partial charge in [-0.2, -0.15) is 0 Å². The average Bonchev–Trinajstić information content (AvgIpc) is 3.81. The molecule has 4 aliphatic rings. The highest BCUT2D eigenvalue weighted by atomic mass is 32.2. The number of rotatable bonds is 17. The van der Waals surface area contributed by atoms with Crippen LogP contribution in [0.15, 0.2) is 0 Å². The number of urea groups is 1. The summed E-state index contributed by atoms with van der Waals surface area (Å²) in [6, 6.07) is -3.36. The van der Waals surface area contributed by atoms with E-state index in [0.29, 0.717) is 51.5 Å². The van der Waals surface area contributed by atoms with Crippen molar-refractivity contribution >= 4 is 39.4 Å². The summed E-state index contributed by atoms with van der Waals surface area (Å²) in [5.41, 5.74) is -1.15. The Bertz CT molecular complexity index is 1440. The lowest BCUT2D eigenvalue weighted by atomic mass is 9.71. The van der Waals surface area contributed by atoms with E-state index in [2.05, 4.69) is 42.0 Å². The van der Waals surface area contributed by atoms with Gasteiger partial charge in [-0.05, 0) is 102 Å². The average molecular weight is 778 g/mol. The van der Waals surface area contributed by atoms with E-state index in [1.54, 1.807) is 25.7 Å². The van der Waals surface area contributed by atoms with Gasteiger partial charge in [0.2, 0.25) is 17.6 Å². The third kappa shape index (κ3) is 11.9. The quantitative estimate of drug-likeness (QED) is 0.137. The smallest absolute Gasteiger partial charge is 0.315 e. The second-order valence-corrected chi connectivity index (χ2v) is 21.7. The summed E-state index contributed by atoms with van der Waals surface area (Å²) < 4.78 is 26.0. The van der Waals surface area contributed by atoms with Gasteiger partial charge in [0.1, 0.15) is 12.1 Å². The van der Waals surface area contributed by atoms with Crippen molar-refractivity contribution in [1.29, 1.82) is 0 Å². The number of ketones is 1. The molecule has 0 bridgehead atoms. The number of likely N-dealkylation sites (tertiary alicyclic amines) is 1. The second kappa shape index (κ2) is 18.5. The lowest BCUT2D eigenvalue weighted by Crippen LogP contribution is -2.62. The molecule has 12 nitrogen and oxygen atoms in total. The highest BCUT2D eigenvalue weighted by Gasteiger charge is 2.47. The number of nitrogens with zero attached hydrogens (tertiary/aromatic N) is 1. The zero-order valence-corrected chi connectivity index (χ0v) is 35.1. The largest absolute Gasteiger partial charge is 0.347 e. The van der Waals surface area contributed by atoms with Gasteiger partial charge in [-0.15, -0.1) is 0 Å². The van der Waals surface area contributed by atoms with Crippen LogP contribution < -0.4 is 21.3 Å². The molecule has 0 radical (unpaired) electrons. The van der Waals surface area contributed by atoms with Gasteiger partial charge in [0.25, 0.3) is 5.91 Å². The fourth-order valence-corrected chi connectivity index (χ4v) is 10.5. The third-order valence-electron chi connectivity index (χ3n) is 12.4. The summed E-state index contributed by atoms with van der Waals surface area (Å²) >= 11 is 0. The standard InChI is InChI=1S/C41H71N5O7S/c1-8-9-16-31(34(47)36(49)42-30-17-18-30)43-35(48)33-29(25-28(2)3)19-24-46(33)37(50)32(26-40(7)20-12-10-13-21-40)44-38(51)45-41(22-14-11-15-23-41)27-54(52,53)39(4,5)6/h28-33H,8-27H2,1-7H3,(H,42,49)(H,43,48)(H2,44,45,51)/t29-,31+,32+,33+/m1/s1. The molecule has 0 aromatic carbocycles. The van der Waals surface area contributed by atoms with Crippen molar-refractivity contribution in [1.82, 2.24) is 26.2 Å². The van der Waals surface area contributed by atoms with Crippen molar-refractivity contribution in [2.45, 2.75) is 198 Å². The molecule has 5 amide bonds. The highest BCUT2D eigenvalue weighted by molar-refractivity contribution is 7.92. The molecule has 0 spiro atoms. The summed E-state index contributed by atoms with van der Waals surface area (Å²) in [6.45, 7) is 13.7. The van der Waals surface area contributed by atoms with E-state index in [1.807, 2.05) is 6.92 Å². The minimum absolute atomic E-state index is 0.00545. The van der Waals surface area contributed by atoms with Crippen molar-refractivity contribution in [2.24, 2.45) is 17.3 Å². The molecule has 4 atom stereocenters. The van der Waals surface area contributed by atoms with Gasteiger partial charge >= 0.3 is 6.03 Å². The molecule has 3 aliphatic carbocycles. The Morgan fingerprint density at radius 2 is 1.46 bits per heavy atom. The molecule has 4 N–H and O–H groups in total. The van der Waals surface area contributed by atoms with Gasteiger partial charge in [0, 0.05) is 12.6 Å². The fraction of sp³-hybridized carbons (Fsp3) is 0.878. The first-order chi connectivity index (χ1) is 25.3. The van der Waals surface area contributed by atoms with Gasteiger partial charge < -0.3 is 26.2 Å². The van der Waals surface area contributed by atoms with Gasteiger partial charge in [0.05, 0.1) is 22.1 Å². The van der Waals surface area contributed by atoms with Gasteiger partial charge in [-0.25, -0.2) is 13.2 Å². The Hall–Kier alpha value is -2.70. The summed E-state index contributed by atoms with van der Waals surface area (Å²) in [6.07, 6.45) is 13.8. The van der Waals surface area contributed by atoms with Crippen molar-refractivity contribution in [3.63, 3.8) is 0 Å². The van der Waals surface area contributed by atoms with E-state index >= 15 is 0 Å². The summed E-state index contributed by atoms with van der Waals surface area (Å²) in [5, 5.41) is 11.8. The normalized spacial score (nSPS) is 24.0. The van der Waals surface area contributed by atoms with Crippen LogP contribution in [0.1, 0.15) is 164 Å². The predicted molar refractivity (Wildman–Crippen MR) is 211 cm³/mol. The van der Waals surface area contributed by atoms with E-state index in [-0.39, 0.29) is 35.0 Å². The van der Waals surface area contributed by atoms with E-state index < -0.39 is 61.9 Å². The second-order valence-electron chi connectivity index (χ2n) is 18.9. The van der Waals surface area contributed by atoms with Crippen LogP contribution in [0.3, 0.4) is 0 Å². The molecule has 54 heavy (non-hydrogen) atoms. The van der Waals surface area contributed by atoms with Crippen molar-refractivity contribution in [3.05, 3.63) is 0 Å². The van der Waals surface area contributed by atoms with Gasteiger partial charge in [0.15, 0.2) is 9.84 Å². The first-order valence-corrected chi connectivity index (χ1v) is 22.7. The molecule has 0 aromatic rings. The maximum Gasteiger partial charge on any atom is 0.315 e. The third-order valence-corrected chi connectivity index (χ3v) is 15.2. The molecule has 13 heteroatoms. The Morgan fingerprint density at radius 1 is 0.852 bits per heavy atom. The molecule has 4 rings (SSSR count). The number of hydrogen-bond donors (Lipinski definition) is 4. The SMILES string of the molecule is CCCC[C@H](NC(=O)[C@@H]1[C@@H](CC(C)C)CCN1C(=O)[C@H](CC1(C)CCCCC1)NC(=O)NC1(CS(=O)(=O)C(C)(C)C)CCCCC1)C(=O)C(=O)NC1CC1. The molecule has 0 aromatic heterocycles. The monoisotopic (exact) mass is 778 g/mol. The predicted octanol–water partition coefficient (Wildman–Crippen LogP) is 5.72. The molecule has 4 fully saturated rings. The van der Waals surface area contributed by atoms with Crippen molar-refractivity contribution in [2.75, 3.05) is 12.3 Å². The first-order valence-electron chi connectivity index (χ1n) is 21.1. The molecule has 1 saturated heterocycles. The summed E-state index contributed by atoms with van der Waals surface area (Å²) in [7, 11) is -3.57. The van der Waals surface area contributed by atoms with Crippen LogP contribution in [0, 0.1) is 17.3 Å². The van der Waals surface area contributed by atoms with E-state index in [9.17, 15) is 32.4 Å². The fourth-order valence-electron chi connectivity index (χ4n) is 8.94. The van der Waals surface area contributed by atoms with E-state index in [0.717, 1.165) is 70.6 Å². The summed E-state index contributed by atoms with van der Waals surface area (Å²) in [5.74, 6) is -2.21. The van der Waals surface area contributed by atoms with Crippen molar-refractivity contribution in [3.8, 4) is 0 Å². The Labute approximate surface area is 325 Å². The first kappa shape index (κ1) is 44.0. The number of Topliss-reactive ketones (excluding diaryl/α,β-unsaturated/α-hetero) is 1. The molecular formula is C41H71N5O7S.